The number of anilines is 1. The van der Waals surface area contributed by atoms with Crippen molar-refractivity contribution in [1.82, 2.24) is 9.88 Å². The van der Waals surface area contributed by atoms with Crippen molar-refractivity contribution < 1.29 is 18.8 Å². The van der Waals surface area contributed by atoms with E-state index in [0.29, 0.717) is 11.3 Å². The van der Waals surface area contributed by atoms with Crippen molar-refractivity contribution in [2.24, 2.45) is 7.05 Å². The van der Waals surface area contributed by atoms with E-state index in [-0.39, 0.29) is 28.7 Å². The molecule has 28 heavy (non-hydrogen) atoms. The van der Waals surface area contributed by atoms with E-state index in [1.807, 2.05) is 0 Å². The Bertz CT molecular complexity index is 1020. The highest BCUT2D eigenvalue weighted by molar-refractivity contribution is 6.43. The van der Waals surface area contributed by atoms with Crippen LogP contribution in [0.2, 0.25) is 0 Å². The molecule has 0 saturated carbocycles. The number of amides is 2. The second-order valence-corrected chi connectivity index (χ2v) is 6.68. The van der Waals surface area contributed by atoms with Crippen LogP contribution in [0.5, 0.6) is 0 Å². The molecule has 1 heterocycles. The molecule has 0 aliphatic heterocycles. The van der Waals surface area contributed by atoms with Gasteiger partial charge >= 0.3 is 0 Å². The number of carbonyl (C=O) groups excluding carboxylic acids is 3. The Morgan fingerprint density at radius 2 is 1.86 bits per heavy atom. The number of halogens is 1. The molecule has 0 unspecified atom stereocenters. The summed E-state index contributed by atoms with van der Waals surface area (Å²) in [5.41, 5.74) is 1.29. The first-order valence-corrected chi connectivity index (χ1v) is 8.57. The maximum absolute atomic E-state index is 13.5. The van der Waals surface area contributed by atoms with Crippen LogP contribution in [0.25, 0.3) is 4.85 Å². The van der Waals surface area contributed by atoms with Crippen molar-refractivity contribution in [2.45, 2.75) is 33.7 Å². The van der Waals surface area contributed by atoms with Gasteiger partial charge in [-0.1, -0.05) is 0 Å². The first kappa shape index (κ1) is 20.8. The average molecular weight is 384 g/mol. The number of hydrogen-bond donors (Lipinski definition) is 2. The first-order valence-electron chi connectivity index (χ1n) is 8.57. The summed E-state index contributed by atoms with van der Waals surface area (Å²) in [4.78, 5) is 40.5. The van der Waals surface area contributed by atoms with Crippen LogP contribution in [0.3, 0.4) is 0 Å². The van der Waals surface area contributed by atoms with Crippen LogP contribution in [0.15, 0.2) is 18.2 Å². The van der Waals surface area contributed by atoms with Crippen molar-refractivity contribution >= 4 is 29.0 Å². The zero-order valence-corrected chi connectivity index (χ0v) is 16.3. The minimum atomic E-state index is -0.745. The molecule has 1 aromatic carbocycles. The highest BCUT2D eigenvalue weighted by Crippen LogP contribution is 2.26. The molecule has 0 aliphatic rings. The molecule has 0 bridgehead atoms. The molecule has 7 nitrogen and oxygen atoms in total. The zero-order valence-electron chi connectivity index (χ0n) is 16.3. The molecular formula is C20H21FN4O3. The van der Waals surface area contributed by atoms with E-state index in [2.05, 4.69) is 15.5 Å². The lowest BCUT2D eigenvalue weighted by Gasteiger charge is -2.09. The molecule has 2 aromatic rings. The number of hydrogen-bond acceptors (Lipinski definition) is 3. The highest BCUT2D eigenvalue weighted by atomic mass is 19.1. The number of nitrogens with zero attached hydrogens (tertiary/aromatic N) is 2. The van der Waals surface area contributed by atoms with Crippen LogP contribution in [0.1, 0.15) is 46.0 Å². The number of benzene rings is 1. The van der Waals surface area contributed by atoms with Gasteiger partial charge in [0, 0.05) is 24.5 Å². The summed E-state index contributed by atoms with van der Waals surface area (Å²) in [6.07, 6.45) is 0. The summed E-state index contributed by atoms with van der Waals surface area (Å²) in [5, 5.41) is 5.15. The average Bonchev–Trinajstić information content (AvgIpc) is 2.84. The van der Waals surface area contributed by atoms with E-state index < -0.39 is 23.4 Å². The molecule has 2 rings (SSSR count). The van der Waals surface area contributed by atoms with Gasteiger partial charge in [-0.15, -0.1) is 0 Å². The molecule has 0 spiro atoms. The minimum absolute atomic E-state index is 0.127. The molecule has 1 aromatic heterocycles. The third-order valence-corrected chi connectivity index (χ3v) is 4.32. The van der Waals surface area contributed by atoms with Crippen LogP contribution in [0.4, 0.5) is 15.8 Å². The molecule has 2 amide bonds. The molecular weight excluding hydrogens is 363 g/mol. The molecule has 0 fully saturated rings. The van der Waals surface area contributed by atoms with Gasteiger partial charge in [-0.25, -0.2) is 9.24 Å². The summed E-state index contributed by atoms with van der Waals surface area (Å²) in [5.74, 6) is -2.67. The Labute approximate surface area is 162 Å². The number of rotatable bonds is 5. The monoisotopic (exact) mass is 384 g/mol. The third kappa shape index (κ3) is 3.93. The molecule has 0 saturated heterocycles. The number of ketones is 1. The van der Waals surface area contributed by atoms with Crippen LogP contribution in [0, 0.1) is 26.2 Å². The Hall–Kier alpha value is -3.47. The lowest BCUT2D eigenvalue weighted by Crippen LogP contribution is -2.37. The number of aromatic nitrogens is 1. The standard InChI is InChI=1S/C20H21FN4O3/c1-10(2)23-20(28)18(26)17-11(3)16(12(4)25(17)6)19(27)24-13-7-8-14(21)15(9-13)22-5/h7-10H,1-4,6H3,(H,23,28)(H,24,27). The van der Waals surface area contributed by atoms with Crippen molar-refractivity contribution in [3.63, 3.8) is 0 Å². The van der Waals surface area contributed by atoms with Crippen LogP contribution in [-0.4, -0.2) is 28.2 Å². The lowest BCUT2D eigenvalue weighted by molar-refractivity contribution is -0.117. The summed E-state index contributed by atoms with van der Waals surface area (Å²) < 4.78 is 15.0. The Kier molecular flexibility index (Phi) is 5.99. The highest BCUT2D eigenvalue weighted by Gasteiger charge is 2.28. The normalized spacial score (nSPS) is 10.5. The minimum Gasteiger partial charge on any atom is -0.347 e. The second kappa shape index (κ2) is 8.05. The van der Waals surface area contributed by atoms with Gasteiger partial charge in [0.2, 0.25) is 5.69 Å². The molecule has 146 valence electrons. The second-order valence-electron chi connectivity index (χ2n) is 6.68. The number of carbonyl (C=O) groups is 3. The van der Waals surface area contributed by atoms with E-state index in [0.717, 1.165) is 6.07 Å². The van der Waals surface area contributed by atoms with Gasteiger partial charge in [0.25, 0.3) is 17.6 Å². The molecule has 0 radical (unpaired) electrons. The fraction of sp³-hybridized carbons (Fsp3) is 0.300. The topological polar surface area (TPSA) is 84.6 Å². The van der Waals surface area contributed by atoms with Crippen molar-refractivity contribution in [2.75, 3.05) is 5.32 Å². The maximum atomic E-state index is 13.5. The van der Waals surface area contributed by atoms with E-state index in [9.17, 15) is 18.8 Å². The van der Waals surface area contributed by atoms with Gasteiger partial charge in [0.15, 0.2) is 0 Å². The van der Waals surface area contributed by atoms with Crippen LogP contribution < -0.4 is 10.6 Å². The fourth-order valence-corrected chi connectivity index (χ4v) is 2.94. The largest absolute Gasteiger partial charge is 0.347 e. The van der Waals surface area contributed by atoms with Gasteiger partial charge in [-0.3, -0.25) is 14.4 Å². The van der Waals surface area contributed by atoms with Crippen molar-refractivity contribution in [3.05, 3.63) is 57.9 Å². The predicted octanol–water partition coefficient (Wildman–Crippen LogP) is 3.29. The van der Waals surface area contributed by atoms with Crippen molar-refractivity contribution in [1.29, 1.82) is 0 Å². The van der Waals surface area contributed by atoms with Gasteiger partial charge in [0.1, 0.15) is 5.82 Å². The summed E-state index contributed by atoms with van der Waals surface area (Å²) in [6, 6.07) is 3.48. The van der Waals surface area contributed by atoms with Crippen LogP contribution in [-0.2, 0) is 11.8 Å². The van der Waals surface area contributed by atoms with Crippen molar-refractivity contribution in [3.8, 4) is 0 Å². The fourth-order valence-electron chi connectivity index (χ4n) is 2.94. The first-order chi connectivity index (χ1) is 13.1. The molecule has 0 atom stereocenters. The van der Waals surface area contributed by atoms with E-state index in [4.69, 9.17) is 6.57 Å². The quantitative estimate of drug-likeness (QED) is 0.471. The Morgan fingerprint density at radius 1 is 1.21 bits per heavy atom. The lowest BCUT2D eigenvalue weighted by atomic mass is 10.1. The Morgan fingerprint density at radius 3 is 2.43 bits per heavy atom. The molecule has 0 aliphatic carbocycles. The summed E-state index contributed by atoms with van der Waals surface area (Å²) in [6.45, 7) is 13.7. The van der Waals surface area contributed by atoms with Gasteiger partial charge < -0.3 is 15.2 Å². The predicted molar refractivity (Wildman–Crippen MR) is 103 cm³/mol. The maximum Gasteiger partial charge on any atom is 0.294 e. The van der Waals surface area contributed by atoms with Gasteiger partial charge in [0.05, 0.1) is 17.8 Å². The van der Waals surface area contributed by atoms with Crippen LogP contribution >= 0.6 is 0 Å². The third-order valence-electron chi connectivity index (χ3n) is 4.32. The SMILES string of the molecule is [C-]#[N+]c1cc(NC(=O)c2c(C)c(C(=O)C(=O)NC(C)C)n(C)c2C)ccc1F. The Balaban J connectivity index is 2.39. The van der Waals surface area contributed by atoms with E-state index in [1.54, 1.807) is 34.7 Å². The summed E-state index contributed by atoms with van der Waals surface area (Å²) in [7, 11) is 1.60. The van der Waals surface area contributed by atoms with Gasteiger partial charge in [-0.05, 0) is 51.5 Å². The number of nitrogens with one attached hydrogen (secondary N) is 2. The smallest absolute Gasteiger partial charge is 0.294 e. The molecule has 2 N–H and O–H groups in total. The van der Waals surface area contributed by atoms with E-state index in [1.165, 1.54) is 16.7 Å². The van der Waals surface area contributed by atoms with E-state index >= 15 is 0 Å². The number of Topliss-reactive ketones (excluding diaryl/α,β-unsaturated/α-hetero) is 1. The molecule has 8 heteroatoms. The van der Waals surface area contributed by atoms with Gasteiger partial charge in [-0.2, -0.15) is 0 Å². The summed E-state index contributed by atoms with van der Waals surface area (Å²) >= 11 is 0. The zero-order chi connectivity index (χ0) is 21.2.